The lowest BCUT2D eigenvalue weighted by atomic mass is 10.2. The predicted octanol–water partition coefficient (Wildman–Crippen LogP) is 3.12. The predicted molar refractivity (Wildman–Crippen MR) is 75.7 cm³/mol. The largest absolute Gasteiger partial charge is 0.316 e. The van der Waals surface area contributed by atoms with Gasteiger partial charge in [-0.25, -0.2) is 0 Å². The fourth-order valence-electron chi connectivity index (χ4n) is 2.00. The van der Waals surface area contributed by atoms with Crippen molar-refractivity contribution in [3.8, 4) is 0 Å². The highest BCUT2D eigenvalue weighted by molar-refractivity contribution is 7.16. The van der Waals surface area contributed by atoms with Gasteiger partial charge in [0.15, 0.2) is 4.80 Å². The third-order valence-corrected chi connectivity index (χ3v) is 3.90. The zero-order chi connectivity index (χ0) is 13.1. The molecule has 0 unspecified atom stereocenters. The first-order chi connectivity index (χ1) is 8.65. The number of carbonyl (C=O) groups excluding carboxylic acids is 1. The van der Waals surface area contributed by atoms with Gasteiger partial charge in [0.1, 0.15) is 0 Å². The Labute approximate surface area is 111 Å². The highest BCUT2D eigenvalue weighted by Crippen LogP contribution is 2.19. The molecule has 1 aromatic carbocycles. The summed E-state index contributed by atoms with van der Waals surface area (Å²) in [6.07, 6.45) is 2.06. The number of fused-ring (bicyclic) bond motifs is 1. The van der Waals surface area contributed by atoms with Gasteiger partial charge in [0.25, 0.3) is 0 Å². The van der Waals surface area contributed by atoms with Crippen LogP contribution in [0, 0.1) is 0 Å². The molecule has 18 heavy (non-hydrogen) atoms. The van der Waals surface area contributed by atoms with E-state index in [1.807, 2.05) is 0 Å². The normalized spacial score (nSPS) is 12.3. The van der Waals surface area contributed by atoms with Crippen molar-refractivity contribution < 1.29 is 4.79 Å². The van der Waals surface area contributed by atoms with E-state index in [1.165, 1.54) is 22.7 Å². The number of aryl methyl sites for hydroxylation is 2. The fourth-order valence-corrected chi connectivity index (χ4v) is 3.16. The molecular formula is C14H18N2OS. The maximum atomic E-state index is 11.2. The second kappa shape index (κ2) is 5.48. The molecule has 0 atom stereocenters. The summed E-state index contributed by atoms with van der Waals surface area (Å²) in [5, 5.41) is 0. The smallest absolute Gasteiger partial charge is 0.245 e. The molecule has 0 N–H and O–H groups in total. The molecule has 1 heterocycles. The summed E-state index contributed by atoms with van der Waals surface area (Å²) < 4.78 is 3.35. The highest BCUT2D eigenvalue weighted by atomic mass is 32.1. The number of hydrogen-bond acceptors (Lipinski definition) is 2. The maximum Gasteiger partial charge on any atom is 0.245 e. The lowest BCUT2D eigenvalue weighted by molar-refractivity contribution is -0.116. The van der Waals surface area contributed by atoms with Crippen LogP contribution in [0.3, 0.4) is 0 Å². The Bertz CT molecular complexity index is 637. The summed E-state index contributed by atoms with van der Waals surface area (Å²) in [4.78, 5) is 16.1. The van der Waals surface area contributed by atoms with Gasteiger partial charge < -0.3 is 4.57 Å². The lowest BCUT2D eigenvalue weighted by Gasteiger charge is -2.03. The van der Waals surface area contributed by atoms with Crippen molar-refractivity contribution in [2.45, 2.75) is 40.2 Å². The van der Waals surface area contributed by atoms with Gasteiger partial charge >= 0.3 is 0 Å². The van der Waals surface area contributed by atoms with E-state index in [4.69, 9.17) is 0 Å². The summed E-state index contributed by atoms with van der Waals surface area (Å²) in [7, 11) is 0. The highest BCUT2D eigenvalue weighted by Gasteiger charge is 2.06. The van der Waals surface area contributed by atoms with E-state index in [0.29, 0.717) is 0 Å². The molecule has 1 amide bonds. The van der Waals surface area contributed by atoms with Crippen molar-refractivity contribution in [1.82, 2.24) is 4.57 Å². The van der Waals surface area contributed by atoms with Crippen LogP contribution < -0.4 is 4.80 Å². The number of rotatable bonds is 3. The van der Waals surface area contributed by atoms with E-state index in [0.717, 1.165) is 24.2 Å². The van der Waals surface area contributed by atoms with E-state index in [-0.39, 0.29) is 5.91 Å². The monoisotopic (exact) mass is 262 g/mol. The molecule has 0 aliphatic rings. The van der Waals surface area contributed by atoms with Crippen LogP contribution in [0.15, 0.2) is 23.2 Å². The summed E-state index contributed by atoms with van der Waals surface area (Å²) in [6, 6.07) is 6.49. The molecule has 4 heteroatoms. The SMILES string of the molecule is CCCn1c(=NC(C)=O)sc2cc(CC)ccc21. The Morgan fingerprint density at radius 1 is 1.39 bits per heavy atom. The Balaban J connectivity index is 2.70. The molecule has 2 aromatic rings. The van der Waals surface area contributed by atoms with Crippen molar-refractivity contribution in [1.29, 1.82) is 0 Å². The average molecular weight is 262 g/mol. The lowest BCUT2D eigenvalue weighted by Crippen LogP contribution is -2.15. The Morgan fingerprint density at radius 2 is 2.17 bits per heavy atom. The molecule has 1 aromatic heterocycles. The van der Waals surface area contributed by atoms with Crippen LogP contribution in [0.4, 0.5) is 0 Å². The molecule has 96 valence electrons. The topological polar surface area (TPSA) is 34.4 Å². The Hall–Kier alpha value is -1.42. The minimum atomic E-state index is -0.137. The van der Waals surface area contributed by atoms with E-state index in [9.17, 15) is 4.79 Å². The molecule has 0 bridgehead atoms. The molecule has 0 saturated carbocycles. The van der Waals surface area contributed by atoms with Crippen LogP contribution in [-0.4, -0.2) is 10.5 Å². The van der Waals surface area contributed by atoms with Gasteiger partial charge in [-0.2, -0.15) is 4.99 Å². The van der Waals surface area contributed by atoms with Gasteiger partial charge in [0.05, 0.1) is 10.2 Å². The maximum absolute atomic E-state index is 11.2. The molecule has 0 fully saturated rings. The second-order valence-electron chi connectivity index (χ2n) is 4.32. The zero-order valence-electron chi connectivity index (χ0n) is 11.1. The summed E-state index contributed by atoms with van der Waals surface area (Å²) in [5.41, 5.74) is 2.50. The second-order valence-corrected chi connectivity index (χ2v) is 5.33. The number of carbonyl (C=O) groups is 1. The number of nitrogens with zero attached hydrogens (tertiary/aromatic N) is 2. The standard InChI is InChI=1S/C14H18N2OS/c1-4-8-16-12-7-6-11(5-2)9-13(12)18-14(16)15-10(3)17/h6-7,9H,4-5,8H2,1-3H3. The average Bonchev–Trinajstić information content (AvgIpc) is 2.66. The fraction of sp³-hybridized carbons (Fsp3) is 0.429. The van der Waals surface area contributed by atoms with Crippen molar-refractivity contribution in [2.75, 3.05) is 0 Å². The van der Waals surface area contributed by atoms with E-state index >= 15 is 0 Å². The van der Waals surface area contributed by atoms with Gasteiger partial charge in [-0.3, -0.25) is 4.79 Å². The van der Waals surface area contributed by atoms with Crippen LogP contribution in [0.2, 0.25) is 0 Å². The zero-order valence-corrected chi connectivity index (χ0v) is 11.9. The summed E-state index contributed by atoms with van der Waals surface area (Å²) >= 11 is 1.60. The summed E-state index contributed by atoms with van der Waals surface area (Å²) in [5.74, 6) is -0.137. The Kier molecular flexibility index (Phi) is 3.97. The molecular weight excluding hydrogens is 244 g/mol. The Morgan fingerprint density at radius 3 is 2.78 bits per heavy atom. The van der Waals surface area contributed by atoms with Crippen LogP contribution in [0.25, 0.3) is 10.2 Å². The number of amides is 1. The minimum absolute atomic E-state index is 0.137. The summed E-state index contributed by atoms with van der Waals surface area (Å²) in [6.45, 7) is 6.68. The van der Waals surface area contributed by atoms with E-state index in [1.54, 1.807) is 11.3 Å². The van der Waals surface area contributed by atoms with Crippen molar-refractivity contribution in [2.24, 2.45) is 4.99 Å². The van der Waals surface area contributed by atoms with E-state index in [2.05, 4.69) is 41.6 Å². The van der Waals surface area contributed by atoms with E-state index < -0.39 is 0 Å². The molecule has 3 nitrogen and oxygen atoms in total. The van der Waals surface area contributed by atoms with Gasteiger partial charge in [0.2, 0.25) is 5.91 Å². The van der Waals surface area contributed by atoms with Crippen LogP contribution in [0.5, 0.6) is 0 Å². The first kappa shape index (κ1) is 13.0. The molecule has 0 radical (unpaired) electrons. The molecule has 2 rings (SSSR count). The molecule has 0 saturated heterocycles. The van der Waals surface area contributed by atoms with Gasteiger partial charge in [0, 0.05) is 13.5 Å². The number of benzene rings is 1. The molecule has 0 spiro atoms. The first-order valence-electron chi connectivity index (χ1n) is 6.33. The van der Waals surface area contributed by atoms with Crippen molar-refractivity contribution in [3.05, 3.63) is 28.6 Å². The van der Waals surface area contributed by atoms with Crippen molar-refractivity contribution >= 4 is 27.5 Å². The number of thiazole rings is 1. The molecule has 0 aliphatic heterocycles. The van der Waals surface area contributed by atoms with Gasteiger partial charge in [-0.1, -0.05) is 31.3 Å². The number of hydrogen-bond donors (Lipinski definition) is 0. The number of aromatic nitrogens is 1. The van der Waals surface area contributed by atoms with Gasteiger partial charge in [-0.15, -0.1) is 0 Å². The molecule has 0 aliphatic carbocycles. The van der Waals surface area contributed by atoms with Crippen LogP contribution >= 0.6 is 11.3 Å². The third kappa shape index (κ3) is 2.53. The third-order valence-electron chi connectivity index (χ3n) is 2.86. The minimum Gasteiger partial charge on any atom is -0.316 e. The van der Waals surface area contributed by atoms with Crippen LogP contribution in [0.1, 0.15) is 32.8 Å². The van der Waals surface area contributed by atoms with Crippen LogP contribution in [-0.2, 0) is 17.8 Å². The first-order valence-corrected chi connectivity index (χ1v) is 7.15. The van der Waals surface area contributed by atoms with Gasteiger partial charge in [-0.05, 0) is 30.5 Å². The quantitative estimate of drug-likeness (QED) is 0.837. The van der Waals surface area contributed by atoms with Crippen molar-refractivity contribution in [3.63, 3.8) is 0 Å².